The van der Waals surface area contributed by atoms with E-state index in [1.165, 1.54) is 0 Å². The quantitative estimate of drug-likeness (QED) is 0.837. The van der Waals surface area contributed by atoms with Crippen LogP contribution in [0.4, 0.5) is 8.78 Å². The Bertz CT molecular complexity index is 851. The van der Waals surface area contributed by atoms with Gasteiger partial charge in [0.15, 0.2) is 5.82 Å². The van der Waals surface area contributed by atoms with Crippen molar-refractivity contribution in [3.63, 3.8) is 0 Å². The number of aromatic nitrogens is 2. The van der Waals surface area contributed by atoms with Crippen molar-refractivity contribution < 1.29 is 18.1 Å². The highest BCUT2D eigenvalue weighted by Crippen LogP contribution is 2.49. The van der Waals surface area contributed by atoms with Crippen LogP contribution in [0.15, 0.2) is 22.7 Å². The first kappa shape index (κ1) is 17.1. The third-order valence-corrected chi connectivity index (χ3v) is 5.70. The van der Waals surface area contributed by atoms with Crippen LogP contribution in [0.1, 0.15) is 61.1 Å². The zero-order valence-electron chi connectivity index (χ0n) is 14.8. The number of rotatable bonds is 3. The number of hydrogen-bond acceptors (Lipinski definition) is 4. The number of benzene rings is 1. The molecule has 1 aromatic heterocycles. The van der Waals surface area contributed by atoms with Crippen LogP contribution in [0.5, 0.6) is 0 Å². The Morgan fingerprint density at radius 3 is 2.92 bits per heavy atom. The summed E-state index contributed by atoms with van der Waals surface area (Å²) >= 11 is 0. The molecule has 7 heteroatoms. The van der Waals surface area contributed by atoms with Gasteiger partial charge in [0.25, 0.3) is 5.91 Å². The van der Waals surface area contributed by atoms with Crippen LogP contribution >= 0.6 is 0 Å². The number of halogens is 2. The lowest BCUT2D eigenvalue weighted by Crippen LogP contribution is -2.35. The van der Waals surface area contributed by atoms with Gasteiger partial charge in [-0.1, -0.05) is 25.4 Å². The molecule has 2 aliphatic rings. The van der Waals surface area contributed by atoms with Gasteiger partial charge in [-0.2, -0.15) is 4.98 Å². The minimum atomic E-state index is -0.704. The maximum absolute atomic E-state index is 14.0. The number of nitrogens with zero attached hydrogens (tertiary/aromatic N) is 3. The molecule has 1 saturated heterocycles. The minimum absolute atomic E-state index is 0.132. The molecule has 4 rings (SSSR count). The van der Waals surface area contributed by atoms with Gasteiger partial charge in [0, 0.05) is 19.0 Å². The fourth-order valence-electron chi connectivity index (χ4n) is 4.31. The molecule has 0 unspecified atom stereocenters. The molecule has 1 amide bonds. The summed E-state index contributed by atoms with van der Waals surface area (Å²) in [5, 5.41) is 4.19. The average Bonchev–Trinajstić information content (AvgIpc) is 3.29. The molecule has 1 aliphatic carbocycles. The second-order valence-corrected chi connectivity index (χ2v) is 7.67. The van der Waals surface area contributed by atoms with Gasteiger partial charge in [0.05, 0.1) is 11.0 Å². The van der Waals surface area contributed by atoms with Gasteiger partial charge in [-0.05, 0) is 37.0 Å². The first-order chi connectivity index (χ1) is 12.4. The number of likely N-dealkylation sites (tertiary alicyclic amines) is 1. The maximum Gasteiger partial charge on any atom is 0.256 e. The Morgan fingerprint density at radius 1 is 1.38 bits per heavy atom. The van der Waals surface area contributed by atoms with E-state index in [2.05, 4.69) is 10.1 Å². The molecule has 1 aromatic carbocycles. The van der Waals surface area contributed by atoms with E-state index < -0.39 is 17.5 Å². The highest BCUT2D eigenvalue weighted by molar-refractivity contribution is 5.94. The van der Waals surface area contributed by atoms with Gasteiger partial charge in [-0.3, -0.25) is 4.79 Å². The van der Waals surface area contributed by atoms with E-state index in [1.54, 1.807) is 4.90 Å². The van der Waals surface area contributed by atoms with Crippen molar-refractivity contribution >= 4 is 5.91 Å². The van der Waals surface area contributed by atoms with Crippen LogP contribution in [-0.2, 0) is 5.41 Å². The van der Waals surface area contributed by atoms with Crippen molar-refractivity contribution in [2.45, 2.75) is 44.4 Å². The summed E-state index contributed by atoms with van der Waals surface area (Å²) in [5.74, 6) is -0.246. The zero-order chi connectivity index (χ0) is 18.5. The highest BCUT2D eigenvalue weighted by atomic mass is 19.1. The van der Waals surface area contributed by atoms with Crippen molar-refractivity contribution in [1.82, 2.24) is 15.0 Å². The fourth-order valence-corrected chi connectivity index (χ4v) is 4.31. The number of amides is 1. The van der Waals surface area contributed by atoms with Gasteiger partial charge >= 0.3 is 0 Å². The van der Waals surface area contributed by atoms with Gasteiger partial charge in [0.1, 0.15) is 11.6 Å². The predicted molar refractivity (Wildman–Crippen MR) is 89.7 cm³/mol. The molecular formula is C19H21F2N3O2. The standard InChI is InChI=1S/C19H21F2N3O2/c1-11(2)16-22-18(23-26-16)19-7-3-4-12(19)9-24(10-19)17(25)14-8-13(20)5-6-15(14)21/h5-6,8,11-12H,3-4,7,9-10H2,1-2H3/t12-,19-/m1/s1. The largest absolute Gasteiger partial charge is 0.339 e. The molecule has 2 fully saturated rings. The molecule has 0 bridgehead atoms. The molecule has 5 nitrogen and oxygen atoms in total. The van der Waals surface area contributed by atoms with Crippen LogP contribution in [0.2, 0.25) is 0 Å². The SMILES string of the molecule is CC(C)c1nc([C@@]23CCC[C@@H]2CN(C(=O)c2cc(F)ccc2F)C3)no1. The van der Waals surface area contributed by atoms with E-state index in [0.29, 0.717) is 24.8 Å². The van der Waals surface area contributed by atoms with Gasteiger partial charge in [0.2, 0.25) is 5.89 Å². The molecule has 26 heavy (non-hydrogen) atoms. The van der Waals surface area contributed by atoms with E-state index in [0.717, 1.165) is 37.5 Å². The van der Waals surface area contributed by atoms with Gasteiger partial charge < -0.3 is 9.42 Å². The minimum Gasteiger partial charge on any atom is -0.339 e. The maximum atomic E-state index is 14.0. The van der Waals surface area contributed by atoms with Gasteiger partial charge in [-0.25, -0.2) is 8.78 Å². The molecule has 2 aromatic rings. The van der Waals surface area contributed by atoms with Crippen molar-refractivity contribution in [2.75, 3.05) is 13.1 Å². The second-order valence-electron chi connectivity index (χ2n) is 7.67. The summed E-state index contributed by atoms with van der Waals surface area (Å²) in [4.78, 5) is 19.0. The fraction of sp³-hybridized carbons (Fsp3) is 0.526. The predicted octanol–water partition coefficient (Wildman–Crippen LogP) is 3.67. The highest BCUT2D eigenvalue weighted by Gasteiger charge is 2.54. The summed E-state index contributed by atoms with van der Waals surface area (Å²) in [7, 11) is 0. The first-order valence-corrected chi connectivity index (χ1v) is 8.99. The number of fused-ring (bicyclic) bond motifs is 1. The van der Waals surface area contributed by atoms with E-state index in [4.69, 9.17) is 4.52 Å². The molecule has 2 heterocycles. The van der Waals surface area contributed by atoms with Crippen molar-refractivity contribution in [2.24, 2.45) is 5.92 Å². The number of hydrogen-bond donors (Lipinski definition) is 0. The lowest BCUT2D eigenvalue weighted by Gasteiger charge is -2.24. The first-order valence-electron chi connectivity index (χ1n) is 8.99. The number of carbonyl (C=O) groups excluding carboxylic acids is 1. The van der Waals surface area contributed by atoms with Crippen LogP contribution in [0.3, 0.4) is 0 Å². The molecule has 2 atom stereocenters. The molecule has 1 saturated carbocycles. The topological polar surface area (TPSA) is 59.2 Å². The van der Waals surface area contributed by atoms with E-state index in [-0.39, 0.29) is 22.8 Å². The Hall–Kier alpha value is -2.31. The lowest BCUT2D eigenvalue weighted by atomic mass is 9.80. The molecule has 0 N–H and O–H groups in total. The van der Waals surface area contributed by atoms with Crippen molar-refractivity contribution in [3.05, 3.63) is 47.1 Å². The smallest absolute Gasteiger partial charge is 0.256 e. The average molecular weight is 361 g/mol. The molecule has 138 valence electrons. The van der Waals surface area contributed by atoms with Crippen LogP contribution in [-0.4, -0.2) is 34.0 Å². The summed E-state index contributed by atoms with van der Waals surface area (Å²) < 4.78 is 32.9. The van der Waals surface area contributed by atoms with E-state index in [9.17, 15) is 13.6 Å². The second kappa shape index (κ2) is 6.14. The Labute approximate surface area is 150 Å². The Balaban J connectivity index is 1.64. The lowest BCUT2D eigenvalue weighted by molar-refractivity contribution is 0.0771. The Morgan fingerprint density at radius 2 is 2.19 bits per heavy atom. The van der Waals surface area contributed by atoms with Gasteiger partial charge in [-0.15, -0.1) is 0 Å². The summed E-state index contributed by atoms with van der Waals surface area (Å²) in [6.45, 7) is 4.88. The van der Waals surface area contributed by atoms with Crippen LogP contribution in [0, 0.1) is 17.6 Å². The zero-order valence-corrected chi connectivity index (χ0v) is 14.8. The summed E-state index contributed by atoms with van der Waals surface area (Å²) in [6.07, 6.45) is 2.86. The molecule has 1 aliphatic heterocycles. The van der Waals surface area contributed by atoms with E-state index >= 15 is 0 Å². The summed E-state index contributed by atoms with van der Waals surface area (Å²) in [6, 6.07) is 2.96. The van der Waals surface area contributed by atoms with E-state index in [1.807, 2.05) is 13.8 Å². The number of carbonyl (C=O) groups is 1. The normalized spacial score (nSPS) is 25.1. The summed E-state index contributed by atoms with van der Waals surface area (Å²) in [5.41, 5.74) is -0.577. The third-order valence-electron chi connectivity index (χ3n) is 5.70. The van der Waals surface area contributed by atoms with Crippen molar-refractivity contribution in [1.29, 1.82) is 0 Å². The monoisotopic (exact) mass is 361 g/mol. The molecular weight excluding hydrogens is 340 g/mol. The third kappa shape index (κ3) is 2.61. The Kier molecular flexibility index (Phi) is 4.04. The molecule has 0 spiro atoms. The van der Waals surface area contributed by atoms with Crippen molar-refractivity contribution in [3.8, 4) is 0 Å². The van der Waals surface area contributed by atoms with Crippen LogP contribution < -0.4 is 0 Å². The molecule has 0 radical (unpaired) electrons. The van der Waals surface area contributed by atoms with Crippen LogP contribution in [0.25, 0.3) is 0 Å².